The van der Waals surface area contributed by atoms with Gasteiger partial charge in [-0.15, -0.1) is 0 Å². The van der Waals surface area contributed by atoms with Crippen LogP contribution in [0.5, 0.6) is 5.75 Å². The first-order valence-electron chi connectivity index (χ1n) is 6.38. The largest absolute Gasteiger partial charge is 0.497 e. The molecule has 0 aliphatic carbocycles. The fraction of sp³-hybridized carbons (Fsp3) is 0.250. The number of nitriles is 1. The van der Waals surface area contributed by atoms with Gasteiger partial charge in [0.15, 0.2) is 0 Å². The molecule has 20 heavy (non-hydrogen) atoms. The number of rotatable bonds is 3. The minimum absolute atomic E-state index is 0.0306. The molecule has 0 bridgehead atoms. The lowest BCUT2D eigenvalue weighted by atomic mass is 10.1. The molecule has 2 aromatic rings. The van der Waals surface area contributed by atoms with Crippen molar-refractivity contribution in [3.05, 3.63) is 52.3 Å². The van der Waals surface area contributed by atoms with Gasteiger partial charge in [0, 0.05) is 11.6 Å². The summed E-state index contributed by atoms with van der Waals surface area (Å²) < 4.78 is 6.84. The minimum atomic E-state index is -0.261. The molecule has 0 radical (unpaired) electrons. The summed E-state index contributed by atoms with van der Waals surface area (Å²) in [6.07, 6.45) is 0. The van der Waals surface area contributed by atoms with E-state index in [4.69, 9.17) is 10.00 Å². The Morgan fingerprint density at radius 1 is 1.25 bits per heavy atom. The molecule has 102 valence electrons. The SMILES string of the molecule is COc1cccc(-c2ccc(C#N)c(=O)n2C(C)C)c1. The maximum atomic E-state index is 12.3. The molecule has 4 heteroatoms. The van der Waals surface area contributed by atoms with Crippen molar-refractivity contribution in [2.75, 3.05) is 7.11 Å². The molecule has 0 atom stereocenters. The average molecular weight is 268 g/mol. The fourth-order valence-electron chi connectivity index (χ4n) is 2.17. The van der Waals surface area contributed by atoms with E-state index in [1.54, 1.807) is 23.8 Å². The summed E-state index contributed by atoms with van der Waals surface area (Å²) in [7, 11) is 1.60. The van der Waals surface area contributed by atoms with Crippen LogP contribution in [0.15, 0.2) is 41.2 Å². The van der Waals surface area contributed by atoms with E-state index in [0.717, 1.165) is 17.0 Å². The van der Waals surface area contributed by atoms with Gasteiger partial charge in [0.25, 0.3) is 5.56 Å². The Hall–Kier alpha value is -2.54. The highest BCUT2D eigenvalue weighted by Crippen LogP contribution is 2.25. The second kappa shape index (κ2) is 5.62. The van der Waals surface area contributed by atoms with Crippen molar-refractivity contribution in [1.29, 1.82) is 5.26 Å². The molecule has 1 aromatic carbocycles. The molecule has 1 aromatic heterocycles. The summed E-state index contributed by atoms with van der Waals surface area (Å²) in [5.41, 5.74) is 1.57. The monoisotopic (exact) mass is 268 g/mol. The second-order valence-corrected chi connectivity index (χ2v) is 4.74. The number of benzene rings is 1. The van der Waals surface area contributed by atoms with Crippen LogP contribution in [0, 0.1) is 11.3 Å². The van der Waals surface area contributed by atoms with Gasteiger partial charge in [-0.05, 0) is 38.1 Å². The van der Waals surface area contributed by atoms with Gasteiger partial charge in [-0.25, -0.2) is 0 Å². The topological polar surface area (TPSA) is 55.0 Å². The van der Waals surface area contributed by atoms with Crippen LogP contribution in [0.1, 0.15) is 25.5 Å². The highest BCUT2D eigenvalue weighted by Gasteiger charge is 2.13. The molecule has 0 amide bonds. The number of aromatic nitrogens is 1. The van der Waals surface area contributed by atoms with Crippen molar-refractivity contribution in [1.82, 2.24) is 4.57 Å². The van der Waals surface area contributed by atoms with E-state index in [-0.39, 0.29) is 17.2 Å². The Morgan fingerprint density at radius 3 is 2.60 bits per heavy atom. The lowest BCUT2D eigenvalue weighted by Gasteiger charge is -2.17. The zero-order chi connectivity index (χ0) is 14.7. The Bertz CT molecular complexity index is 724. The van der Waals surface area contributed by atoms with Gasteiger partial charge in [-0.1, -0.05) is 12.1 Å². The van der Waals surface area contributed by atoms with Crippen molar-refractivity contribution < 1.29 is 4.74 Å². The van der Waals surface area contributed by atoms with Gasteiger partial charge in [0.05, 0.1) is 12.8 Å². The van der Waals surface area contributed by atoms with Crippen LogP contribution in [0.25, 0.3) is 11.3 Å². The Morgan fingerprint density at radius 2 is 2.00 bits per heavy atom. The van der Waals surface area contributed by atoms with E-state index in [2.05, 4.69) is 0 Å². The smallest absolute Gasteiger partial charge is 0.269 e. The first-order chi connectivity index (χ1) is 9.58. The number of methoxy groups -OCH3 is 1. The number of hydrogen-bond acceptors (Lipinski definition) is 3. The lowest BCUT2D eigenvalue weighted by molar-refractivity contribution is 0.415. The Kier molecular flexibility index (Phi) is 3.90. The molecule has 0 unspecified atom stereocenters. The highest BCUT2D eigenvalue weighted by atomic mass is 16.5. The first-order valence-corrected chi connectivity index (χ1v) is 6.38. The van der Waals surface area contributed by atoms with Gasteiger partial charge in [0.2, 0.25) is 0 Å². The number of pyridine rings is 1. The molecular weight excluding hydrogens is 252 g/mol. The van der Waals surface area contributed by atoms with Crippen LogP contribution in [0.2, 0.25) is 0 Å². The third-order valence-electron chi connectivity index (χ3n) is 3.12. The predicted octanol–water partition coefficient (Wildman–Crippen LogP) is 2.98. The molecule has 0 N–H and O–H groups in total. The molecule has 0 saturated carbocycles. The first kappa shape index (κ1) is 13.9. The van der Waals surface area contributed by atoms with Crippen molar-refractivity contribution in [2.45, 2.75) is 19.9 Å². The summed E-state index contributed by atoms with van der Waals surface area (Å²) in [4.78, 5) is 12.3. The van der Waals surface area contributed by atoms with Gasteiger partial charge >= 0.3 is 0 Å². The van der Waals surface area contributed by atoms with Crippen LogP contribution in [0.3, 0.4) is 0 Å². The molecule has 0 spiro atoms. The van der Waals surface area contributed by atoms with Crippen molar-refractivity contribution in [3.8, 4) is 23.1 Å². The predicted molar refractivity (Wildman–Crippen MR) is 77.8 cm³/mol. The van der Waals surface area contributed by atoms with E-state index >= 15 is 0 Å². The van der Waals surface area contributed by atoms with E-state index in [1.807, 2.05) is 44.2 Å². The van der Waals surface area contributed by atoms with Crippen molar-refractivity contribution in [3.63, 3.8) is 0 Å². The van der Waals surface area contributed by atoms with Gasteiger partial charge in [0.1, 0.15) is 17.4 Å². The van der Waals surface area contributed by atoms with Crippen LogP contribution in [-0.4, -0.2) is 11.7 Å². The number of ether oxygens (including phenoxy) is 1. The highest BCUT2D eigenvalue weighted by molar-refractivity contribution is 5.62. The second-order valence-electron chi connectivity index (χ2n) is 4.74. The maximum absolute atomic E-state index is 12.3. The van der Waals surface area contributed by atoms with E-state index in [9.17, 15) is 4.79 Å². The molecular formula is C16H16N2O2. The lowest BCUT2D eigenvalue weighted by Crippen LogP contribution is -2.25. The number of hydrogen-bond donors (Lipinski definition) is 0. The van der Waals surface area contributed by atoms with Crippen molar-refractivity contribution in [2.24, 2.45) is 0 Å². The van der Waals surface area contributed by atoms with Crippen LogP contribution in [0.4, 0.5) is 0 Å². The summed E-state index contributed by atoms with van der Waals surface area (Å²) in [6.45, 7) is 3.85. The normalized spacial score (nSPS) is 10.3. The third kappa shape index (κ3) is 2.43. The van der Waals surface area contributed by atoms with Gasteiger partial charge in [-0.2, -0.15) is 5.26 Å². The molecule has 2 rings (SSSR count). The van der Waals surface area contributed by atoms with Crippen LogP contribution < -0.4 is 10.3 Å². The van der Waals surface area contributed by atoms with Gasteiger partial charge < -0.3 is 9.30 Å². The average Bonchev–Trinajstić information content (AvgIpc) is 2.46. The molecule has 1 heterocycles. The maximum Gasteiger partial charge on any atom is 0.269 e. The minimum Gasteiger partial charge on any atom is -0.497 e. The molecule has 4 nitrogen and oxygen atoms in total. The van der Waals surface area contributed by atoms with Crippen molar-refractivity contribution >= 4 is 0 Å². The van der Waals surface area contributed by atoms with E-state index in [1.165, 1.54) is 0 Å². The zero-order valence-corrected chi connectivity index (χ0v) is 11.8. The molecule has 0 saturated heterocycles. The summed E-state index contributed by atoms with van der Waals surface area (Å²) in [5.74, 6) is 0.731. The molecule has 0 aliphatic heterocycles. The summed E-state index contributed by atoms with van der Waals surface area (Å²) in [5, 5.41) is 8.98. The van der Waals surface area contributed by atoms with Crippen LogP contribution >= 0.6 is 0 Å². The molecule has 0 aliphatic rings. The third-order valence-corrected chi connectivity index (χ3v) is 3.12. The van der Waals surface area contributed by atoms with Crippen LogP contribution in [-0.2, 0) is 0 Å². The molecule has 0 fully saturated rings. The van der Waals surface area contributed by atoms with E-state index < -0.39 is 0 Å². The van der Waals surface area contributed by atoms with Gasteiger partial charge in [-0.3, -0.25) is 4.79 Å². The van der Waals surface area contributed by atoms with E-state index in [0.29, 0.717) is 0 Å². The Labute approximate surface area is 117 Å². The standard InChI is InChI=1S/C16H16N2O2/c1-11(2)18-15(8-7-13(10-17)16(18)19)12-5-4-6-14(9-12)20-3/h4-9,11H,1-3H3. The zero-order valence-electron chi connectivity index (χ0n) is 11.8. The number of nitrogens with zero attached hydrogens (tertiary/aromatic N) is 2. The Balaban J connectivity index is 2.71. The fourth-order valence-corrected chi connectivity index (χ4v) is 2.17. The summed E-state index contributed by atoms with van der Waals surface area (Å²) in [6, 6.07) is 12.8. The summed E-state index contributed by atoms with van der Waals surface area (Å²) >= 11 is 0. The quantitative estimate of drug-likeness (QED) is 0.860.